The summed E-state index contributed by atoms with van der Waals surface area (Å²) in [5.41, 5.74) is 6.13. The monoisotopic (exact) mass is 441 g/mol. The lowest BCUT2D eigenvalue weighted by atomic mass is 10.0. The van der Waals surface area contributed by atoms with E-state index in [4.69, 9.17) is 9.84 Å². The number of aromatic nitrogens is 2. The van der Waals surface area contributed by atoms with E-state index in [0.29, 0.717) is 12.2 Å². The second-order valence-electron chi connectivity index (χ2n) is 7.72. The molecule has 0 aliphatic heterocycles. The van der Waals surface area contributed by atoms with E-state index in [1.807, 2.05) is 42.6 Å². The number of hydrogen-bond donors (Lipinski definition) is 4. The van der Waals surface area contributed by atoms with Crippen LogP contribution in [0.25, 0.3) is 22.0 Å². The summed E-state index contributed by atoms with van der Waals surface area (Å²) < 4.78 is 5.79. The number of rotatable bonds is 10. The zero-order valence-electron chi connectivity index (χ0n) is 18.6. The molecule has 0 bridgehead atoms. The number of aromatic amines is 1. The van der Waals surface area contributed by atoms with Crippen LogP contribution in [0.2, 0.25) is 0 Å². The largest absolute Gasteiger partial charge is 0.492 e. The van der Waals surface area contributed by atoms with Gasteiger partial charge in [0.15, 0.2) is 0 Å². The Morgan fingerprint density at radius 2 is 1.94 bits per heavy atom. The Balaban J connectivity index is 1.55. The molecular formula is C26H27N5O2. The summed E-state index contributed by atoms with van der Waals surface area (Å²) in [5, 5.41) is 26.4. The van der Waals surface area contributed by atoms with Crippen molar-refractivity contribution < 1.29 is 9.84 Å². The van der Waals surface area contributed by atoms with Gasteiger partial charge in [-0.2, -0.15) is 5.26 Å². The average molecular weight is 442 g/mol. The summed E-state index contributed by atoms with van der Waals surface area (Å²) in [4.78, 5) is 7.51. The van der Waals surface area contributed by atoms with Gasteiger partial charge in [-0.3, -0.25) is 4.98 Å². The maximum Gasteiger partial charge on any atom is 0.119 e. The normalized spacial score (nSPS) is 10.8. The molecule has 4 aromatic rings. The van der Waals surface area contributed by atoms with Gasteiger partial charge in [0.05, 0.1) is 11.3 Å². The molecule has 2 heterocycles. The van der Waals surface area contributed by atoms with E-state index in [1.165, 1.54) is 0 Å². The second kappa shape index (κ2) is 10.6. The molecule has 4 N–H and O–H groups in total. The lowest BCUT2D eigenvalue weighted by Crippen LogP contribution is -2.22. The van der Waals surface area contributed by atoms with E-state index in [-0.39, 0.29) is 6.61 Å². The fourth-order valence-electron chi connectivity index (χ4n) is 3.75. The van der Waals surface area contributed by atoms with Crippen molar-refractivity contribution >= 4 is 22.3 Å². The van der Waals surface area contributed by atoms with Gasteiger partial charge in [0.25, 0.3) is 0 Å². The number of nitrogens with zero attached hydrogens (tertiary/aromatic N) is 2. The molecule has 0 radical (unpaired) electrons. The number of benzene rings is 2. The van der Waals surface area contributed by atoms with Crippen LogP contribution in [-0.2, 0) is 0 Å². The summed E-state index contributed by atoms with van der Waals surface area (Å²) in [6.07, 6.45) is 6.01. The number of aliphatic hydroxyl groups is 1. The summed E-state index contributed by atoms with van der Waals surface area (Å²) in [6.45, 7) is 4.29. The molecule has 0 saturated heterocycles. The maximum absolute atomic E-state index is 9.72. The second-order valence-corrected chi connectivity index (χ2v) is 7.72. The van der Waals surface area contributed by atoms with Gasteiger partial charge in [-0.15, -0.1) is 0 Å². The Morgan fingerprint density at radius 3 is 2.73 bits per heavy atom. The highest BCUT2D eigenvalue weighted by Gasteiger charge is 2.14. The minimum Gasteiger partial charge on any atom is -0.492 e. The zero-order valence-corrected chi connectivity index (χ0v) is 18.6. The third kappa shape index (κ3) is 5.14. The van der Waals surface area contributed by atoms with Gasteiger partial charge < -0.3 is 25.5 Å². The number of nitrogens with one attached hydrogen (secondary N) is 3. The highest BCUT2D eigenvalue weighted by molar-refractivity contribution is 5.91. The quantitative estimate of drug-likeness (QED) is 0.270. The standard InChI is InChI=1S/C26H27N5O2/c1-18-22-9-11-30-25(22)8-7-24(18)31-26-20(15-27)16-29-17-23(26)19-3-5-21(6-4-19)33-14-12-28-10-2-13-32/h3-9,11,16-17,28,30,32H,2,10,12-14H2,1H3,(H,29,31). The third-order valence-corrected chi connectivity index (χ3v) is 5.55. The van der Waals surface area contributed by atoms with Gasteiger partial charge in [-0.1, -0.05) is 12.1 Å². The third-order valence-electron chi connectivity index (χ3n) is 5.55. The van der Waals surface area contributed by atoms with Gasteiger partial charge in [0.1, 0.15) is 18.4 Å². The number of ether oxygens (including phenoxy) is 1. The Morgan fingerprint density at radius 1 is 1.09 bits per heavy atom. The molecule has 2 aromatic carbocycles. The first kappa shape index (κ1) is 22.3. The number of anilines is 2. The van der Waals surface area contributed by atoms with Crippen LogP contribution in [0, 0.1) is 18.3 Å². The lowest BCUT2D eigenvalue weighted by molar-refractivity contribution is 0.279. The van der Waals surface area contributed by atoms with Crippen LogP contribution >= 0.6 is 0 Å². The first-order valence-corrected chi connectivity index (χ1v) is 11.0. The van der Waals surface area contributed by atoms with Gasteiger partial charge in [-0.05, 0) is 61.3 Å². The Bertz CT molecular complexity index is 1260. The summed E-state index contributed by atoms with van der Waals surface area (Å²) >= 11 is 0. The molecule has 0 amide bonds. The van der Waals surface area contributed by atoms with E-state index >= 15 is 0 Å². The smallest absolute Gasteiger partial charge is 0.119 e. The predicted octanol–water partition coefficient (Wildman–Crippen LogP) is 4.50. The number of hydrogen-bond acceptors (Lipinski definition) is 6. The van der Waals surface area contributed by atoms with E-state index in [9.17, 15) is 5.26 Å². The number of pyridine rings is 1. The lowest BCUT2D eigenvalue weighted by Gasteiger charge is -2.16. The molecule has 0 atom stereocenters. The molecule has 2 aromatic heterocycles. The van der Waals surface area contributed by atoms with Gasteiger partial charge in [-0.25, -0.2) is 0 Å². The fraction of sp³-hybridized carbons (Fsp3) is 0.231. The number of aliphatic hydroxyl groups excluding tert-OH is 1. The number of H-pyrrole nitrogens is 1. The van der Waals surface area contributed by atoms with Crippen LogP contribution < -0.4 is 15.4 Å². The van der Waals surface area contributed by atoms with Gasteiger partial charge >= 0.3 is 0 Å². The van der Waals surface area contributed by atoms with E-state index in [2.05, 4.69) is 39.7 Å². The van der Waals surface area contributed by atoms with Crippen molar-refractivity contribution in [2.24, 2.45) is 0 Å². The molecule has 0 unspecified atom stereocenters. The summed E-state index contributed by atoms with van der Waals surface area (Å²) in [5.74, 6) is 0.773. The summed E-state index contributed by atoms with van der Waals surface area (Å²) in [6, 6.07) is 16.1. The Labute approximate surface area is 193 Å². The van der Waals surface area contributed by atoms with Crippen LogP contribution in [0.4, 0.5) is 11.4 Å². The van der Waals surface area contributed by atoms with Gasteiger partial charge in [0, 0.05) is 53.9 Å². The van der Waals surface area contributed by atoms with Crippen molar-refractivity contribution in [1.82, 2.24) is 15.3 Å². The molecule has 7 heteroatoms. The maximum atomic E-state index is 9.72. The molecule has 4 rings (SSSR count). The van der Waals surface area contributed by atoms with E-state index < -0.39 is 0 Å². The molecule has 0 aliphatic rings. The zero-order chi connectivity index (χ0) is 23.0. The summed E-state index contributed by atoms with van der Waals surface area (Å²) in [7, 11) is 0. The first-order chi connectivity index (χ1) is 16.2. The molecule has 0 fully saturated rings. The molecule has 0 saturated carbocycles. The molecule has 0 spiro atoms. The van der Waals surface area contributed by atoms with Crippen molar-refractivity contribution in [1.29, 1.82) is 5.26 Å². The average Bonchev–Trinajstić information content (AvgIpc) is 3.33. The van der Waals surface area contributed by atoms with Crippen LogP contribution in [-0.4, -0.2) is 41.4 Å². The van der Waals surface area contributed by atoms with E-state index in [1.54, 1.807) is 12.4 Å². The van der Waals surface area contributed by atoms with E-state index in [0.717, 1.165) is 64.2 Å². The van der Waals surface area contributed by atoms with Crippen LogP contribution in [0.1, 0.15) is 17.5 Å². The minimum absolute atomic E-state index is 0.189. The molecular weight excluding hydrogens is 414 g/mol. The molecule has 168 valence electrons. The predicted molar refractivity (Wildman–Crippen MR) is 131 cm³/mol. The van der Waals surface area contributed by atoms with Crippen LogP contribution in [0.3, 0.4) is 0 Å². The van der Waals surface area contributed by atoms with Crippen molar-refractivity contribution in [2.75, 3.05) is 31.6 Å². The number of nitriles is 1. The topological polar surface area (TPSA) is 106 Å². The number of fused-ring (bicyclic) bond motifs is 1. The first-order valence-electron chi connectivity index (χ1n) is 11.0. The molecule has 33 heavy (non-hydrogen) atoms. The van der Waals surface area contributed by atoms with Crippen molar-refractivity contribution in [3.05, 3.63) is 72.2 Å². The van der Waals surface area contributed by atoms with Crippen molar-refractivity contribution in [2.45, 2.75) is 13.3 Å². The van der Waals surface area contributed by atoms with Crippen molar-refractivity contribution in [3.63, 3.8) is 0 Å². The van der Waals surface area contributed by atoms with Gasteiger partial charge in [0.2, 0.25) is 0 Å². The molecule has 0 aliphatic carbocycles. The molecule has 7 nitrogen and oxygen atoms in total. The Hall–Kier alpha value is -3.86. The SMILES string of the molecule is Cc1c(Nc2c(C#N)cncc2-c2ccc(OCCNCCCO)cc2)ccc2[nH]ccc12. The van der Waals surface area contributed by atoms with Crippen LogP contribution in [0.15, 0.2) is 61.1 Å². The van der Waals surface area contributed by atoms with Crippen molar-refractivity contribution in [3.8, 4) is 22.9 Å². The highest BCUT2D eigenvalue weighted by Crippen LogP contribution is 2.35. The minimum atomic E-state index is 0.189. The Kier molecular flexibility index (Phi) is 7.20. The number of aryl methyl sites for hydroxylation is 1. The fourth-order valence-corrected chi connectivity index (χ4v) is 3.75. The van der Waals surface area contributed by atoms with Crippen LogP contribution in [0.5, 0.6) is 5.75 Å². The highest BCUT2D eigenvalue weighted by atomic mass is 16.5.